The third-order valence-corrected chi connectivity index (χ3v) is 6.05. The molecular weight excluding hydrogens is 483 g/mol. The first-order chi connectivity index (χ1) is 16.2. The smallest absolute Gasteiger partial charge is 0.294 e. The van der Waals surface area contributed by atoms with Crippen molar-refractivity contribution in [2.45, 2.75) is 6.92 Å². The van der Waals surface area contributed by atoms with Crippen molar-refractivity contribution in [3.05, 3.63) is 81.7 Å². The highest BCUT2D eigenvalue weighted by Crippen LogP contribution is 2.33. The van der Waals surface area contributed by atoms with Crippen LogP contribution in [0.3, 0.4) is 0 Å². The molecule has 2 aromatic carbocycles. The number of anilines is 1. The lowest BCUT2D eigenvalue weighted by Crippen LogP contribution is -2.36. The lowest BCUT2D eigenvalue weighted by Gasteiger charge is -2.12. The van der Waals surface area contributed by atoms with E-state index < -0.39 is 29.4 Å². The standard InChI is InChI=1S/C24H16ClFN2O5S/c1-13(29)14-2-4-15(5-3-14)20-9-7-17(33-20)11-21-23(31)28(24(32)34-21)12-22(30)27-16-6-8-19(26)18(25)10-16/h2-11H,12H2,1H3,(H,27,30)/b21-11+. The molecule has 1 aromatic heterocycles. The Labute approximate surface area is 202 Å². The predicted molar refractivity (Wildman–Crippen MR) is 127 cm³/mol. The van der Waals surface area contributed by atoms with Gasteiger partial charge in [-0.15, -0.1) is 0 Å². The molecule has 1 aliphatic rings. The van der Waals surface area contributed by atoms with Crippen LogP contribution in [-0.4, -0.2) is 34.3 Å². The van der Waals surface area contributed by atoms with E-state index in [0.29, 0.717) is 28.8 Å². The van der Waals surface area contributed by atoms with E-state index in [1.165, 1.54) is 25.1 Å². The molecular formula is C24H16ClFN2O5S. The summed E-state index contributed by atoms with van der Waals surface area (Å²) in [6, 6.07) is 13.9. The fourth-order valence-corrected chi connectivity index (χ4v) is 4.14. The van der Waals surface area contributed by atoms with Gasteiger partial charge in [0.05, 0.1) is 9.93 Å². The Morgan fingerprint density at radius 3 is 2.53 bits per heavy atom. The van der Waals surface area contributed by atoms with Gasteiger partial charge in [0.1, 0.15) is 23.9 Å². The topological polar surface area (TPSA) is 96.7 Å². The summed E-state index contributed by atoms with van der Waals surface area (Å²) in [6.45, 7) is 0.970. The van der Waals surface area contributed by atoms with Crippen molar-refractivity contribution < 1.29 is 28.0 Å². The molecule has 3 aromatic rings. The van der Waals surface area contributed by atoms with Gasteiger partial charge in [0, 0.05) is 22.9 Å². The van der Waals surface area contributed by atoms with Gasteiger partial charge in [0.2, 0.25) is 5.91 Å². The third kappa shape index (κ3) is 5.11. The summed E-state index contributed by atoms with van der Waals surface area (Å²) < 4.78 is 19.0. The number of benzene rings is 2. The molecule has 172 valence electrons. The zero-order valence-corrected chi connectivity index (χ0v) is 19.2. The summed E-state index contributed by atoms with van der Waals surface area (Å²) in [5.74, 6) is -1.08. The van der Waals surface area contributed by atoms with Crippen LogP contribution in [-0.2, 0) is 9.59 Å². The van der Waals surface area contributed by atoms with Crippen LogP contribution >= 0.6 is 23.4 Å². The molecule has 0 atom stereocenters. The third-order valence-electron chi connectivity index (χ3n) is 4.85. The number of carbonyl (C=O) groups is 4. The summed E-state index contributed by atoms with van der Waals surface area (Å²) in [4.78, 5) is 49.6. The number of nitrogens with zero attached hydrogens (tertiary/aromatic N) is 1. The normalized spacial score (nSPS) is 14.7. The maximum atomic E-state index is 13.3. The van der Waals surface area contributed by atoms with E-state index in [2.05, 4.69) is 5.32 Å². The number of thioether (sulfide) groups is 1. The van der Waals surface area contributed by atoms with Crippen LogP contribution in [0.25, 0.3) is 17.4 Å². The van der Waals surface area contributed by atoms with Crippen LogP contribution in [0.5, 0.6) is 0 Å². The Kier molecular flexibility index (Phi) is 6.67. The van der Waals surface area contributed by atoms with Crippen molar-refractivity contribution in [1.82, 2.24) is 4.90 Å². The zero-order valence-electron chi connectivity index (χ0n) is 17.6. The summed E-state index contributed by atoms with van der Waals surface area (Å²) >= 11 is 6.38. The second-order valence-corrected chi connectivity index (χ2v) is 8.68. The molecule has 0 radical (unpaired) electrons. The van der Waals surface area contributed by atoms with Gasteiger partial charge in [-0.05, 0) is 49.0 Å². The van der Waals surface area contributed by atoms with Crippen LogP contribution in [0.4, 0.5) is 14.9 Å². The van der Waals surface area contributed by atoms with Gasteiger partial charge < -0.3 is 9.73 Å². The highest BCUT2D eigenvalue weighted by molar-refractivity contribution is 8.18. The number of furan rings is 1. The minimum absolute atomic E-state index is 0.0439. The second kappa shape index (κ2) is 9.66. The minimum Gasteiger partial charge on any atom is -0.457 e. The Bertz CT molecular complexity index is 1350. The average Bonchev–Trinajstić information content (AvgIpc) is 3.37. The van der Waals surface area contributed by atoms with E-state index in [1.807, 2.05) is 0 Å². The van der Waals surface area contributed by atoms with E-state index in [4.69, 9.17) is 16.0 Å². The first-order valence-electron chi connectivity index (χ1n) is 9.93. The number of hydrogen-bond donors (Lipinski definition) is 1. The predicted octanol–water partition coefficient (Wildman–Crippen LogP) is 5.62. The van der Waals surface area contributed by atoms with E-state index in [1.54, 1.807) is 36.4 Å². The van der Waals surface area contributed by atoms with Gasteiger partial charge in [-0.25, -0.2) is 4.39 Å². The lowest BCUT2D eigenvalue weighted by molar-refractivity contribution is -0.127. The molecule has 1 saturated heterocycles. The second-order valence-electron chi connectivity index (χ2n) is 7.28. The fraction of sp³-hybridized carbons (Fsp3) is 0.0833. The zero-order chi connectivity index (χ0) is 24.4. The molecule has 1 N–H and O–H groups in total. The molecule has 0 bridgehead atoms. The largest absolute Gasteiger partial charge is 0.457 e. The molecule has 0 aliphatic carbocycles. The van der Waals surface area contributed by atoms with Gasteiger partial charge in [-0.1, -0.05) is 35.9 Å². The van der Waals surface area contributed by atoms with Crippen molar-refractivity contribution in [3.63, 3.8) is 0 Å². The fourth-order valence-electron chi connectivity index (χ4n) is 3.14. The van der Waals surface area contributed by atoms with Crippen LogP contribution in [0.1, 0.15) is 23.0 Å². The van der Waals surface area contributed by atoms with E-state index in [9.17, 15) is 23.6 Å². The molecule has 10 heteroatoms. The quantitative estimate of drug-likeness (QED) is 0.350. The summed E-state index contributed by atoms with van der Waals surface area (Å²) in [5.41, 5.74) is 1.56. The van der Waals surface area contributed by atoms with Gasteiger partial charge in [-0.3, -0.25) is 24.1 Å². The molecule has 0 saturated carbocycles. The highest BCUT2D eigenvalue weighted by Gasteiger charge is 2.36. The van der Waals surface area contributed by atoms with Gasteiger partial charge in [0.25, 0.3) is 11.1 Å². The molecule has 34 heavy (non-hydrogen) atoms. The van der Waals surface area contributed by atoms with Crippen molar-refractivity contribution >= 4 is 58.0 Å². The number of amides is 3. The number of Topliss-reactive ketones (excluding diaryl/α,β-unsaturated/α-hetero) is 1. The van der Waals surface area contributed by atoms with Crippen LogP contribution in [0.15, 0.2) is 63.9 Å². The minimum atomic E-state index is -0.638. The van der Waals surface area contributed by atoms with Gasteiger partial charge in [-0.2, -0.15) is 0 Å². The number of nitrogens with one attached hydrogen (secondary N) is 1. The Hall–Kier alpha value is -3.69. The molecule has 0 spiro atoms. The number of carbonyl (C=O) groups excluding carboxylic acids is 4. The summed E-state index contributed by atoms with van der Waals surface area (Å²) in [6.07, 6.45) is 1.43. The summed E-state index contributed by atoms with van der Waals surface area (Å²) in [5, 5.41) is 1.70. The average molecular weight is 499 g/mol. The summed E-state index contributed by atoms with van der Waals surface area (Å²) in [7, 11) is 0. The monoisotopic (exact) mass is 498 g/mol. The van der Waals surface area contributed by atoms with Crippen molar-refractivity contribution in [3.8, 4) is 11.3 Å². The first-order valence-corrected chi connectivity index (χ1v) is 11.1. The Balaban J connectivity index is 1.44. The maximum absolute atomic E-state index is 13.3. The van der Waals surface area contributed by atoms with Crippen LogP contribution in [0, 0.1) is 5.82 Å². The number of rotatable bonds is 6. The first kappa shape index (κ1) is 23.5. The maximum Gasteiger partial charge on any atom is 0.294 e. The van der Waals surface area contributed by atoms with E-state index in [0.717, 1.165) is 16.5 Å². The molecule has 4 rings (SSSR count). The lowest BCUT2D eigenvalue weighted by atomic mass is 10.1. The molecule has 2 heterocycles. The molecule has 3 amide bonds. The number of hydrogen-bond acceptors (Lipinski definition) is 6. The van der Waals surface area contributed by atoms with E-state index >= 15 is 0 Å². The molecule has 7 nitrogen and oxygen atoms in total. The van der Waals surface area contributed by atoms with Gasteiger partial charge >= 0.3 is 0 Å². The molecule has 1 fully saturated rings. The SMILES string of the molecule is CC(=O)c1ccc(-c2ccc(/C=C3/SC(=O)N(CC(=O)Nc4ccc(F)c(Cl)c4)C3=O)o2)cc1. The van der Waals surface area contributed by atoms with E-state index in [-0.39, 0.29) is 21.4 Å². The highest BCUT2D eigenvalue weighted by atomic mass is 35.5. The van der Waals surface area contributed by atoms with Crippen LogP contribution in [0.2, 0.25) is 5.02 Å². The number of halogens is 2. The van der Waals surface area contributed by atoms with Crippen LogP contribution < -0.4 is 5.32 Å². The molecule has 0 unspecified atom stereocenters. The number of imide groups is 1. The number of ketones is 1. The van der Waals surface area contributed by atoms with Crippen molar-refractivity contribution in [2.75, 3.05) is 11.9 Å². The Morgan fingerprint density at radius 2 is 1.85 bits per heavy atom. The molecule has 1 aliphatic heterocycles. The van der Waals surface area contributed by atoms with Crippen molar-refractivity contribution in [1.29, 1.82) is 0 Å². The Morgan fingerprint density at radius 1 is 1.12 bits per heavy atom. The van der Waals surface area contributed by atoms with Gasteiger partial charge in [0.15, 0.2) is 5.78 Å². The van der Waals surface area contributed by atoms with Crippen molar-refractivity contribution in [2.24, 2.45) is 0 Å².